The quantitative estimate of drug-likeness (QED) is 0.447. The third-order valence-corrected chi connectivity index (χ3v) is 4.78. The van der Waals surface area contributed by atoms with E-state index in [0.717, 1.165) is 0 Å². The van der Waals surface area contributed by atoms with E-state index in [0.29, 0.717) is 21.5 Å². The predicted octanol–water partition coefficient (Wildman–Crippen LogP) is 3.51. The Hall–Kier alpha value is -2.94. The second-order valence-corrected chi connectivity index (χ2v) is 7.53. The van der Waals surface area contributed by atoms with E-state index in [1.165, 1.54) is 44.7 Å². The van der Waals surface area contributed by atoms with Crippen molar-refractivity contribution in [3.63, 3.8) is 0 Å². The molecule has 0 heterocycles. The van der Waals surface area contributed by atoms with Crippen LogP contribution >= 0.6 is 15.9 Å². The summed E-state index contributed by atoms with van der Waals surface area (Å²) in [5.41, 5.74) is 3.35. The second-order valence-electron chi connectivity index (χ2n) is 6.67. The highest BCUT2D eigenvalue weighted by atomic mass is 79.9. The number of hydrazone groups is 1. The fourth-order valence-electron chi connectivity index (χ4n) is 2.61. The topological polar surface area (TPSA) is 89.0 Å². The van der Waals surface area contributed by atoms with E-state index in [1.807, 2.05) is 0 Å². The van der Waals surface area contributed by atoms with Crippen LogP contribution in [0.25, 0.3) is 0 Å². The molecule has 1 atom stereocenters. The van der Waals surface area contributed by atoms with Gasteiger partial charge in [-0.25, -0.2) is 9.82 Å². The van der Waals surface area contributed by atoms with Gasteiger partial charge in [0.1, 0.15) is 11.9 Å². The summed E-state index contributed by atoms with van der Waals surface area (Å²) in [6, 6.07) is 7.72. The van der Waals surface area contributed by atoms with E-state index in [-0.39, 0.29) is 11.5 Å². The lowest BCUT2D eigenvalue weighted by atomic mass is 10.0. The van der Waals surface area contributed by atoms with Crippen LogP contribution in [0.3, 0.4) is 0 Å². The van der Waals surface area contributed by atoms with Gasteiger partial charge in [0.05, 0.1) is 24.9 Å². The standard InChI is InChI=1S/C21H23BrFN3O4/c1-12(2)18(25-20(27)14-5-7-15(23)8-6-14)21(28)26-24-11-13-9-16(22)19(30-4)17(10-13)29-3/h5-12,18H,1-4H3,(H,25,27)(H,26,28). The highest BCUT2D eigenvalue weighted by Crippen LogP contribution is 2.35. The summed E-state index contributed by atoms with van der Waals surface area (Å²) in [5.74, 6) is -0.540. The Morgan fingerprint density at radius 3 is 2.37 bits per heavy atom. The van der Waals surface area contributed by atoms with Gasteiger partial charge in [-0.05, 0) is 63.8 Å². The fraction of sp³-hybridized carbons (Fsp3) is 0.286. The smallest absolute Gasteiger partial charge is 0.262 e. The Kier molecular flexibility index (Phi) is 8.35. The van der Waals surface area contributed by atoms with Crippen molar-refractivity contribution in [1.29, 1.82) is 0 Å². The Morgan fingerprint density at radius 2 is 1.80 bits per heavy atom. The van der Waals surface area contributed by atoms with Crippen LogP contribution in [0.1, 0.15) is 29.8 Å². The van der Waals surface area contributed by atoms with Gasteiger partial charge >= 0.3 is 0 Å². The molecule has 0 aromatic heterocycles. The Morgan fingerprint density at radius 1 is 1.13 bits per heavy atom. The average molecular weight is 480 g/mol. The maximum absolute atomic E-state index is 13.0. The number of nitrogens with one attached hydrogen (secondary N) is 2. The van der Waals surface area contributed by atoms with E-state index in [1.54, 1.807) is 26.0 Å². The predicted molar refractivity (Wildman–Crippen MR) is 115 cm³/mol. The first-order chi connectivity index (χ1) is 14.3. The van der Waals surface area contributed by atoms with Crippen molar-refractivity contribution in [3.8, 4) is 11.5 Å². The number of hydrogen-bond donors (Lipinski definition) is 2. The molecular formula is C21H23BrFN3O4. The third kappa shape index (κ3) is 6.03. The number of amides is 2. The third-order valence-electron chi connectivity index (χ3n) is 4.19. The molecule has 2 aromatic carbocycles. The molecule has 9 heteroatoms. The van der Waals surface area contributed by atoms with Crippen LogP contribution in [0, 0.1) is 11.7 Å². The molecule has 7 nitrogen and oxygen atoms in total. The second kappa shape index (κ2) is 10.7. The van der Waals surface area contributed by atoms with E-state index >= 15 is 0 Å². The molecule has 160 valence electrons. The van der Waals surface area contributed by atoms with Crippen molar-refractivity contribution in [3.05, 3.63) is 57.8 Å². The van der Waals surface area contributed by atoms with Crippen molar-refractivity contribution in [2.45, 2.75) is 19.9 Å². The maximum atomic E-state index is 13.0. The van der Waals surface area contributed by atoms with Gasteiger partial charge in [0.25, 0.3) is 11.8 Å². The van der Waals surface area contributed by atoms with Gasteiger partial charge in [-0.15, -0.1) is 0 Å². The Labute approximate surface area is 182 Å². The Balaban J connectivity index is 2.07. The van der Waals surface area contributed by atoms with Gasteiger partial charge in [-0.1, -0.05) is 13.8 Å². The maximum Gasteiger partial charge on any atom is 0.262 e. The van der Waals surface area contributed by atoms with Gasteiger partial charge in [0.2, 0.25) is 0 Å². The molecule has 0 radical (unpaired) electrons. The normalized spacial score (nSPS) is 12.0. The summed E-state index contributed by atoms with van der Waals surface area (Å²) in [6.07, 6.45) is 1.45. The summed E-state index contributed by atoms with van der Waals surface area (Å²) in [6.45, 7) is 3.59. The highest BCUT2D eigenvalue weighted by molar-refractivity contribution is 9.10. The van der Waals surface area contributed by atoms with E-state index in [4.69, 9.17) is 9.47 Å². The zero-order valence-electron chi connectivity index (χ0n) is 17.0. The van der Waals surface area contributed by atoms with Crippen LogP contribution in [0.15, 0.2) is 46.0 Å². The average Bonchev–Trinajstić information content (AvgIpc) is 2.71. The lowest BCUT2D eigenvalue weighted by Crippen LogP contribution is -2.48. The van der Waals surface area contributed by atoms with Crippen molar-refractivity contribution in [2.75, 3.05) is 14.2 Å². The SMILES string of the molecule is COc1cc(C=NNC(=O)C(NC(=O)c2ccc(F)cc2)C(C)C)cc(Br)c1OC. The minimum atomic E-state index is -0.822. The number of halogens is 2. The molecule has 1 unspecified atom stereocenters. The molecule has 0 fully saturated rings. The van der Waals surface area contributed by atoms with Crippen LogP contribution in [0.5, 0.6) is 11.5 Å². The summed E-state index contributed by atoms with van der Waals surface area (Å²) in [4.78, 5) is 24.9. The number of hydrogen-bond acceptors (Lipinski definition) is 5. The van der Waals surface area contributed by atoms with Gasteiger partial charge in [-0.3, -0.25) is 9.59 Å². The molecule has 0 saturated carbocycles. The van der Waals surface area contributed by atoms with Crippen LogP contribution in [-0.2, 0) is 4.79 Å². The molecule has 2 amide bonds. The van der Waals surface area contributed by atoms with Gasteiger partial charge in [0, 0.05) is 5.56 Å². The summed E-state index contributed by atoms with van der Waals surface area (Å²) < 4.78 is 24.2. The lowest BCUT2D eigenvalue weighted by Gasteiger charge is -2.20. The zero-order valence-corrected chi connectivity index (χ0v) is 18.6. The fourth-order valence-corrected chi connectivity index (χ4v) is 3.23. The van der Waals surface area contributed by atoms with E-state index in [9.17, 15) is 14.0 Å². The number of benzene rings is 2. The number of ether oxygens (including phenoxy) is 2. The summed E-state index contributed by atoms with van der Waals surface area (Å²) >= 11 is 3.39. The first kappa shape index (κ1) is 23.3. The highest BCUT2D eigenvalue weighted by Gasteiger charge is 2.24. The number of nitrogens with zero attached hydrogens (tertiary/aromatic N) is 1. The van der Waals surface area contributed by atoms with Crippen LogP contribution in [0.2, 0.25) is 0 Å². The number of rotatable bonds is 8. The minimum Gasteiger partial charge on any atom is -0.493 e. The summed E-state index contributed by atoms with van der Waals surface area (Å²) in [7, 11) is 3.05. The van der Waals surface area contributed by atoms with Crippen molar-refractivity contribution in [1.82, 2.24) is 10.7 Å². The molecule has 0 aliphatic rings. The Bertz CT molecular complexity index is 933. The summed E-state index contributed by atoms with van der Waals surface area (Å²) in [5, 5.41) is 6.62. The first-order valence-electron chi connectivity index (χ1n) is 9.07. The number of carbonyl (C=O) groups excluding carboxylic acids is 2. The van der Waals surface area contributed by atoms with Crippen molar-refractivity contribution in [2.24, 2.45) is 11.0 Å². The van der Waals surface area contributed by atoms with Gasteiger partial charge in [-0.2, -0.15) is 5.10 Å². The largest absolute Gasteiger partial charge is 0.493 e. The molecule has 0 saturated heterocycles. The van der Waals surface area contributed by atoms with Gasteiger partial charge < -0.3 is 14.8 Å². The zero-order chi connectivity index (χ0) is 22.3. The van der Waals surface area contributed by atoms with Crippen LogP contribution < -0.4 is 20.2 Å². The van der Waals surface area contributed by atoms with E-state index < -0.39 is 23.7 Å². The van der Waals surface area contributed by atoms with Crippen molar-refractivity contribution >= 4 is 34.0 Å². The van der Waals surface area contributed by atoms with Crippen LogP contribution in [0.4, 0.5) is 4.39 Å². The molecule has 0 aliphatic carbocycles. The molecule has 0 bridgehead atoms. The monoisotopic (exact) mass is 479 g/mol. The van der Waals surface area contributed by atoms with Crippen molar-refractivity contribution < 1.29 is 23.5 Å². The molecule has 30 heavy (non-hydrogen) atoms. The van der Waals surface area contributed by atoms with Gasteiger partial charge in [0.15, 0.2) is 11.5 Å². The van der Waals surface area contributed by atoms with Crippen LogP contribution in [-0.4, -0.2) is 38.3 Å². The number of carbonyl (C=O) groups is 2. The molecule has 2 aromatic rings. The number of methoxy groups -OCH3 is 2. The lowest BCUT2D eigenvalue weighted by molar-refractivity contribution is -0.123. The molecule has 2 N–H and O–H groups in total. The molecule has 0 spiro atoms. The van der Waals surface area contributed by atoms with E-state index in [2.05, 4.69) is 31.8 Å². The first-order valence-corrected chi connectivity index (χ1v) is 9.87. The molecule has 2 rings (SSSR count). The minimum absolute atomic E-state index is 0.195. The molecular weight excluding hydrogens is 457 g/mol. The molecule has 0 aliphatic heterocycles.